The van der Waals surface area contributed by atoms with Crippen LogP contribution >= 0.6 is 11.8 Å². The van der Waals surface area contributed by atoms with Crippen molar-refractivity contribution in [3.63, 3.8) is 0 Å². The van der Waals surface area contributed by atoms with Crippen molar-refractivity contribution in [1.29, 1.82) is 0 Å². The molecule has 0 spiro atoms. The van der Waals surface area contributed by atoms with E-state index >= 15 is 0 Å². The molecule has 3 heteroatoms. The minimum Gasteiger partial charge on any atom is -0.352 e. The first kappa shape index (κ1) is 12.5. The van der Waals surface area contributed by atoms with E-state index in [1.54, 1.807) is 11.8 Å². The Morgan fingerprint density at radius 1 is 1.41 bits per heavy atom. The van der Waals surface area contributed by atoms with Crippen molar-refractivity contribution < 1.29 is 4.79 Å². The fourth-order valence-electron chi connectivity index (χ4n) is 1.53. The number of hydrogen-bond donors (Lipinski definition) is 1. The maximum atomic E-state index is 11.7. The van der Waals surface area contributed by atoms with Gasteiger partial charge in [0, 0.05) is 11.8 Å². The number of amides is 1. The van der Waals surface area contributed by atoms with Crippen LogP contribution in [0.15, 0.2) is 24.3 Å². The molecule has 0 bridgehead atoms. The first-order valence-corrected chi connectivity index (χ1v) is 7.17. The molecule has 1 aliphatic rings. The van der Waals surface area contributed by atoms with Gasteiger partial charge in [-0.2, -0.15) is 0 Å². The Labute approximate surface area is 107 Å². The van der Waals surface area contributed by atoms with E-state index in [1.807, 2.05) is 6.92 Å². The van der Waals surface area contributed by atoms with Gasteiger partial charge in [0.2, 0.25) is 5.91 Å². The van der Waals surface area contributed by atoms with Crippen LogP contribution in [-0.2, 0) is 10.5 Å². The van der Waals surface area contributed by atoms with Crippen molar-refractivity contribution in [1.82, 2.24) is 5.32 Å². The third kappa shape index (κ3) is 4.08. The van der Waals surface area contributed by atoms with Gasteiger partial charge in [0.1, 0.15) is 0 Å². The average Bonchev–Trinajstić information content (AvgIpc) is 3.11. The summed E-state index contributed by atoms with van der Waals surface area (Å²) in [5, 5.41) is 3.08. The van der Waals surface area contributed by atoms with Gasteiger partial charge in [0.25, 0.3) is 0 Å². The van der Waals surface area contributed by atoms with Crippen LogP contribution in [-0.4, -0.2) is 17.2 Å². The van der Waals surface area contributed by atoms with Gasteiger partial charge in [-0.3, -0.25) is 4.79 Å². The number of aryl methyl sites for hydroxylation is 1. The second-order valence-electron chi connectivity index (χ2n) is 4.72. The Bertz CT molecular complexity index is 384. The molecule has 0 saturated heterocycles. The van der Waals surface area contributed by atoms with Gasteiger partial charge in [-0.15, -0.1) is 11.8 Å². The van der Waals surface area contributed by atoms with Crippen LogP contribution in [0.5, 0.6) is 0 Å². The summed E-state index contributed by atoms with van der Waals surface area (Å²) in [6.45, 7) is 4.07. The molecule has 0 aliphatic heterocycles. The van der Waals surface area contributed by atoms with Crippen LogP contribution in [0.25, 0.3) is 0 Å². The zero-order chi connectivity index (χ0) is 12.3. The summed E-state index contributed by atoms with van der Waals surface area (Å²) in [6.07, 6.45) is 2.31. The Hall–Kier alpha value is -0.960. The first-order valence-electron chi connectivity index (χ1n) is 6.12. The van der Waals surface area contributed by atoms with Gasteiger partial charge in [0.05, 0.1) is 5.25 Å². The van der Waals surface area contributed by atoms with Gasteiger partial charge in [-0.05, 0) is 32.3 Å². The van der Waals surface area contributed by atoms with Crippen molar-refractivity contribution in [3.8, 4) is 0 Å². The lowest BCUT2D eigenvalue weighted by Gasteiger charge is -2.11. The highest BCUT2D eigenvalue weighted by molar-refractivity contribution is 7.99. The number of benzene rings is 1. The van der Waals surface area contributed by atoms with Crippen molar-refractivity contribution in [2.45, 2.75) is 43.7 Å². The molecule has 1 fully saturated rings. The third-order valence-corrected chi connectivity index (χ3v) is 4.13. The van der Waals surface area contributed by atoms with Gasteiger partial charge in [-0.1, -0.05) is 29.8 Å². The molecule has 1 amide bonds. The summed E-state index contributed by atoms with van der Waals surface area (Å²) < 4.78 is 0. The zero-order valence-electron chi connectivity index (χ0n) is 10.4. The van der Waals surface area contributed by atoms with E-state index < -0.39 is 0 Å². The van der Waals surface area contributed by atoms with Crippen molar-refractivity contribution in [3.05, 3.63) is 35.4 Å². The number of carbonyl (C=O) groups excluding carboxylic acids is 1. The molecule has 0 heterocycles. The van der Waals surface area contributed by atoms with Crippen LogP contribution in [0, 0.1) is 6.92 Å². The maximum Gasteiger partial charge on any atom is 0.233 e. The number of nitrogens with one attached hydrogen (secondary N) is 1. The number of thioether (sulfide) groups is 1. The molecule has 1 saturated carbocycles. The third-order valence-electron chi connectivity index (χ3n) is 2.91. The number of carbonyl (C=O) groups is 1. The molecule has 1 aromatic carbocycles. The minimum atomic E-state index is 0.0388. The molecule has 2 rings (SSSR count). The van der Waals surface area contributed by atoms with Gasteiger partial charge < -0.3 is 5.32 Å². The summed E-state index contributed by atoms with van der Waals surface area (Å²) in [7, 11) is 0. The van der Waals surface area contributed by atoms with E-state index in [0.717, 1.165) is 18.6 Å². The summed E-state index contributed by atoms with van der Waals surface area (Å²) in [4.78, 5) is 11.7. The van der Waals surface area contributed by atoms with Crippen LogP contribution in [0.1, 0.15) is 30.9 Å². The van der Waals surface area contributed by atoms with Crippen LogP contribution < -0.4 is 5.32 Å². The molecule has 2 nitrogen and oxygen atoms in total. The van der Waals surface area contributed by atoms with E-state index in [0.29, 0.717) is 6.04 Å². The minimum absolute atomic E-state index is 0.0388. The number of rotatable bonds is 5. The Morgan fingerprint density at radius 2 is 2.06 bits per heavy atom. The first-order chi connectivity index (χ1) is 8.15. The molecule has 17 heavy (non-hydrogen) atoms. The normalized spacial score (nSPS) is 16.6. The van der Waals surface area contributed by atoms with Crippen LogP contribution in [0.4, 0.5) is 0 Å². The average molecular weight is 249 g/mol. The Balaban J connectivity index is 1.76. The predicted molar refractivity (Wildman–Crippen MR) is 73.1 cm³/mol. The SMILES string of the molecule is Cc1ccc(CSC(C)C(=O)NC2CC2)cc1. The van der Waals surface area contributed by atoms with E-state index in [1.165, 1.54) is 11.1 Å². The summed E-state index contributed by atoms with van der Waals surface area (Å²) in [5.41, 5.74) is 2.56. The Morgan fingerprint density at radius 3 is 2.65 bits per heavy atom. The van der Waals surface area contributed by atoms with E-state index in [2.05, 4.69) is 36.5 Å². The predicted octanol–water partition coefficient (Wildman–Crippen LogP) is 2.90. The molecule has 1 unspecified atom stereocenters. The second kappa shape index (κ2) is 5.58. The molecule has 0 radical (unpaired) electrons. The smallest absolute Gasteiger partial charge is 0.233 e. The fraction of sp³-hybridized carbons (Fsp3) is 0.500. The lowest BCUT2D eigenvalue weighted by molar-refractivity contribution is -0.120. The standard InChI is InChI=1S/C14H19NOS/c1-10-3-5-12(6-4-10)9-17-11(2)14(16)15-13-7-8-13/h3-6,11,13H,7-9H2,1-2H3,(H,15,16). The highest BCUT2D eigenvalue weighted by Gasteiger charge is 2.25. The van der Waals surface area contributed by atoms with E-state index in [4.69, 9.17) is 0 Å². The summed E-state index contributed by atoms with van der Waals surface area (Å²) in [6, 6.07) is 8.96. The molecule has 1 aromatic rings. The second-order valence-corrected chi connectivity index (χ2v) is 6.05. The van der Waals surface area contributed by atoms with E-state index in [9.17, 15) is 4.79 Å². The lowest BCUT2D eigenvalue weighted by Crippen LogP contribution is -2.32. The van der Waals surface area contributed by atoms with Gasteiger partial charge in [-0.25, -0.2) is 0 Å². The lowest BCUT2D eigenvalue weighted by atomic mass is 10.2. The van der Waals surface area contributed by atoms with Crippen molar-refractivity contribution in [2.24, 2.45) is 0 Å². The monoisotopic (exact) mass is 249 g/mol. The zero-order valence-corrected chi connectivity index (χ0v) is 11.2. The van der Waals surface area contributed by atoms with Crippen LogP contribution in [0.2, 0.25) is 0 Å². The highest BCUT2D eigenvalue weighted by atomic mass is 32.2. The molecule has 1 N–H and O–H groups in total. The summed E-state index contributed by atoms with van der Waals surface area (Å²) >= 11 is 1.70. The van der Waals surface area contributed by atoms with Crippen molar-refractivity contribution >= 4 is 17.7 Å². The van der Waals surface area contributed by atoms with E-state index in [-0.39, 0.29) is 11.2 Å². The maximum absolute atomic E-state index is 11.7. The topological polar surface area (TPSA) is 29.1 Å². The van der Waals surface area contributed by atoms with Gasteiger partial charge >= 0.3 is 0 Å². The van der Waals surface area contributed by atoms with Gasteiger partial charge in [0.15, 0.2) is 0 Å². The molecular formula is C14H19NOS. The molecule has 0 aromatic heterocycles. The quantitative estimate of drug-likeness (QED) is 0.869. The van der Waals surface area contributed by atoms with Crippen molar-refractivity contribution in [2.75, 3.05) is 0 Å². The Kier molecular flexibility index (Phi) is 4.11. The fourth-order valence-corrected chi connectivity index (χ4v) is 2.38. The molecule has 1 atom stereocenters. The largest absolute Gasteiger partial charge is 0.352 e. The number of hydrogen-bond acceptors (Lipinski definition) is 2. The molecule has 92 valence electrons. The highest BCUT2D eigenvalue weighted by Crippen LogP contribution is 2.22. The molecular weight excluding hydrogens is 230 g/mol. The van der Waals surface area contributed by atoms with Crippen LogP contribution in [0.3, 0.4) is 0 Å². The summed E-state index contributed by atoms with van der Waals surface area (Å²) in [5.74, 6) is 1.09. The molecule has 1 aliphatic carbocycles.